The monoisotopic (exact) mass is 246 g/mol. The molecule has 2 atom stereocenters. The van der Waals surface area contributed by atoms with E-state index in [2.05, 4.69) is 31.2 Å². The molecule has 0 radical (unpaired) electrons. The number of rotatable bonds is 5. The van der Waals surface area contributed by atoms with Crippen LogP contribution in [0.3, 0.4) is 0 Å². The Bertz CT molecular complexity index is 391. The molecule has 0 saturated carbocycles. The van der Waals surface area contributed by atoms with E-state index in [1.54, 1.807) is 0 Å². The molecule has 0 bridgehead atoms. The summed E-state index contributed by atoms with van der Waals surface area (Å²) in [5.74, 6) is 0.627. The summed E-state index contributed by atoms with van der Waals surface area (Å²) >= 11 is 0. The summed E-state index contributed by atoms with van der Waals surface area (Å²) in [5, 5.41) is 0. The van der Waals surface area contributed by atoms with Crippen molar-refractivity contribution in [1.29, 1.82) is 0 Å². The van der Waals surface area contributed by atoms with Crippen molar-refractivity contribution in [2.75, 3.05) is 13.1 Å². The lowest BCUT2D eigenvalue weighted by Gasteiger charge is -2.24. The molecule has 18 heavy (non-hydrogen) atoms. The summed E-state index contributed by atoms with van der Waals surface area (Å²) in [4.78, 5) is 13.9. The van der Waals surface area contributed by atoms with Crippen molar-refractivity contribution < 1.29 is 4.79 Å². The van der Waals surface area contributed by atoms with Crippen LogP contribution in [0.1, 0.15) is 25.3 Å². The van der Waals surface area contributed by atoms with Crippen LogP contribution in [0.25, 0.3) is 0 Å². The molecule has 2 unspecified atom stereocenters. The summed E-state index contributed by atoms with van der Waals surface area (Å²) in [6, 6.07) is 10.7. The zero-order valence-electron chi connectivity index (χ0n) is 11.0. The first-order valence-electron chi connectivity index (χ1n) is 6.74. The topological polar surface area (TPSA) is 46.3 Å². The van der Waals surface area contributed by atoms with Crippen LogP contribution < -0.4 is 5.73 Å². The van der Waals surface area contributed by atoms with E-state index < -0.39 is 0 Å². The number of nitrogens with zero attached hydrogens (tertiary/aromatic N) is 1. The molecular formula is C15H22N2O. The number of nitrogens with two attached hydrogens (primary N) is 1. The van der Waals surface area contributed by atoms with Gasteiger partial charge >= 0.3 is 0 Å². The fourth-order valence-corrected chi connectivity index (χ4v) is 2.57. The first kappa shape index (κ1) is 13.1. The molecule has 3 heteroatoms. The van der Waals surface area contributed by atoms with E-state index >= 15 is 0 Å². The van der Waals surface area contributed by atoms with Crippen LogP contribution in [0.5, 0.6) is 0 Å². The first-order chi connectivity index (χ1) is 8.70. The van der Waals surface area contributed by atoms with Crippen molar-refractivity contribution in [3.63, 3.8) is 0 Å². The number of aryl methyl sites for hydroxylation is 1. The Morgan fingerprint density at radius 3 is 2.72 bits per heavy atom. The lowest BCUT2D eigenvalue weighted by atomic mass is 10.1. The van der Waals surface area contributed by atoms with Crippen LogP contribution in [0.2, 0.25) is 0 Å². The van der Waals surface area contributed by atoms with E-state index in [4.69, 9.17) is 5.73 Å². The van der Waals surface area contributed by atoms with Gasteiger partial charge in [0, 0.05) is 19.0 Å². The van der Waals surface area contributed by atoms with Gasteiger partial charge in [0.15, 0.2) is 0 Å². The Hall–Kier alpha value is -1.35. The first-order valence-corrected chi connectivity index (χ1v) is 6.74. The second-order valence-corrected chi connectivity index (χ2v) is 5.23. The maximum Gasteiger partial charge on any atom is 0.223 e. The molecule has 1 heterocycles. The molecular weight excluding hydrogens is 224 g/mol. The van der Waals surface area contributed by atoms with Crippen molar-refractivity contribution in [1.82, 2.24) is 4.90 Å². The third-order valence-electron chi connectivity index (χ3n) is 3.80. The second kappa shape index (κ2) is 6.01. The minimum absolute atomic E-state index is 0.269. The molecule has 2 N–H and O–H groups in total. The van der Waals surface area contributed by atoms with E-state index in [9.17, 15) is 4.79 Å². The SMILES string of the molecule is CC(CCc1ccccc1)N1CC(CN)CC1=O. The molecule has 0 spiro atoms. The van der Waals surface area contributed by atoms with E-state index in [0.717, 1.165) is 19.4 Å². The van der Waals surface area contributed by atoms with Crippen molar-refractivity contribution in [2.24, 2.45) is 11.7 Å². The molecule has 3 nitrogen and oxygen atoms in total. The molecule has 1 aliphatic rings. The maximum absolute atomic E-state index is 11.9. The lowest BCUT2D eigenvalue weighted by molar-refractivity contribution is -0.129. The van der Waals surface area contributed by atoms with Gasteiger partial charge in [-0.15, -0.1) is 0 Å². The van der Waals surface area contributed by atoms with Gasteiger partial charge in [0.05, 0.1) is 0 Å². The molecule has 0 aliphatic carbocycles. The number of benzene rings is 1. The molecule has 1 aromatic rings. The maximum atomic E-state index is 11.9. The average Bonchev–Trinajstić information content (AvgIpc) is 2.78. The predicted octanol–water partition coefficient (Wildman–Crippen LogP) is 1.81. The number of carbonyl (C=O) groups is 1. The number of likely N-dealkylation sites (tertiary alicyclic amines) is 1. The Kier molecular flexibility index (Phi) is 4.37. The fraction of sp³-hybridized carbons (Fsp3) is 0.533. The van der Waals surface area contributed by atoms with Gasteiger partial charge in [-0.25, -0.2) is 0 Å². The lowest BCUT2D eigenvalue weighted by Crippen LogP contribution is -2.35. The minimum Gasteiger partial charge on any atom is -0.340 e. The van der Waals surface area contributed by atoms with Crippen LogP contribution in [0.4, 0.5) is 0 Å². The van der Waals surface area contributed by atoms with Crippen LogP contribution in [0.15, 0.2) is 30.3 Å². The van der Waals surface area contributed by atoms with Crippen LogP contribution in [-0.2, 0) is 11.2 Å². The third-order valence-corrected chi connectivity index (χ3v) is 3.80. The molecule has 2 rings (SSSR count). The van der Waals surface area contributed by atoms with Crippen LogP contribution in [0, 0.1) is 5.92 Å². The van der Waals surface area contributed by atoms with E-state index in [-0.39, 0.29) is 5.91 Å². The Morgan fingerprint density at radius 2 is 2.11 bits per heavy atom. The van der Waals surface area contributed by atoms with E-state index in [0.29, 0.717) is 24.9 Å². The highest BCUT2D eigenvalue weighted by molar-refractivity contribution is 5.79. The minimum atomic E-state index is 0.269. The Labute approximate surface area is 109 Å². The van der Waals surface area contributed by atoms with Crippen molar-refractivity contribution >= 4 is 5.91 Å². The predicted molar refractivity (Wildman–Crippen MR) is 73.1 cm³/mol. The van der Waals surface area contributed by atoms with Crippen LogP contribution in [-0.4, -0.2) is 29.9 Å². The van der Waals surface area contributed by atoms with Gasteiger partial charge in [-0.05, 0) is 37.8 Å². The number of hydrogen-bond donors (Lipinski definition) is 1. The molecule has 0 aromatic heterocycles. The highest BCUT2D eigenvalue weighted by Gasteiger charge is 2.31. The van der Waals surface area contributed by atoms with Gasteiger partial charge in [-0.1, -0.05) is 30.3 Å². The zero-order chi connectivity index (χ0) is 13.0. The van der Waals surface area contributed by atoms with E-state index in [1.807, 2.05) is 11.0 Å². The highest BCUT2D eigenvalue weighted by Crippen LogP contribution is 2.21. The van der Waals surface area contributed by atoms with E-state index in [1.165, 1.54) is 5.56 Å². The smallest absolute Gasteiger partial charge is 0.223 e. The average molecular weight is 246 g/mol. The molecule has 1 fully saturated rings. The Morgan fingerprint density at radius 1 is 1.39 bits per heavy atom. The molecule has 98 valence electrons. The van der Waals surface area contributed by atoms with Crippen molar-refractivity contribution in [3.05, 3.63) is 35.9 Å². The fourth-order valence-electron chi connectivity index (χ4n) is 2.57. The van der Waals surface area contributed by atoms with Gasteiger partial charge < -0.3 is 10.6 Å². The molecule has 1 aliphatic heterocycles. The Balaban J connectivity index is 1.85. The van der Waals surface area contributed by atoms with Gasteiger partial charge in [-0.2, -0.15) is 0 Å². The zero-order valence-corrected chi connectivity index (χ0v) is 11.0. The quantitative estimate of drug-likeness (QED) is 0.861. The van der Waals surface area contributed by atoms with Gasteiger partial charge in [0.2, 0.25) is 5.91 Å². The number of carbonyl (C=O) groups excluding carboxylic acids is 1. The van der Waals surface area contributed by atoms with Crippen molar-refractivity contribution in [2.45, 2.75) is 32.2 Å². The number of amides is 1. The normalized spacial score (nSPS) is 21.3. The summed E-state index contributed by atoms with van der Waals surface area (Å²) in [6.45, 7) is 3.60. The molecule has 1 aromatic carbocycles. The molecule has 1 amide bonds. The van der Waals surface area contributed by atoms with Gasteiger partial charge in [-0.3, -0.25) is 4.79 Å². The summed E-state index contributed by atoms with van der Waals surface area (Å²) < 4.78 is 0. The molecule has 1 saturated heterocycles. The largest absolute Gasteiger partial charge is 0.340 e. The summed E-state index contributed by atoms with van der Waals surface area (Å²) in [5.41, 5.74) is 6.98. The number of hydrogen-bond acceptors (Lipinski definition) is 2. The summed E-state index contributed by atoms with van der Waals surface area (Å²) in [6.07, 6.45) is 2.68. The standard InChI is InChI=1S/C15H22N2O/c1-12(7-8-13-5-3-2-4-6-13)17-11-14(10-16)9-15(17)18/h2-6,12,14H,7-11,16H2,1H3. The highest BCUT2D eigenvalue weighted by atomic mass is 16.2. The third kappa shape index (κ3) is 3.10. The van der Waals surface area contributed by atoms with Gasteiger partial charge in [0.25, 0.3) is 0 Å². The second-order valence-electron chi connectivity index (χ2n) is 5.23. The summed E-state index contributed by atoms with van der Waals surface area (Å²) in [7, 11) is 0. The van der Waals surface area contributed by atoms with Crippen LogP contribution >= 0.6 is 0 Å². The van der Waals surface area contributed by atoms with Crippen molar-refractivity contribution in [3.8, 4) is 0 Å². The van der Waals surface area contributed by atoms with Gasteiger partial charge in [0.1, 0.15) is 0 Å².